The van der Waals surface area contributed by atoms with Crippen LogP contribution in [0.25, 0.3) is 0 Å². The van der Waals surface area contributed by atoms with E-state index >= 15 is 0 Å². The third-order valence-corrected chi connectivity index (χ3v) is 3.73. The van der Waals surface area contributed by atoms with E-state index in [2.05, 4.69) is 10.7 Å². The highest BCUT2D eigenvalue weighted by atomic mass is 16.2. The van der Waals surface area contributed by atoms with Gasteiger partial charge in [0.25, 0.3) is 11.8 Å². The maximum atomic E-state index is 12.2. The van der Waals surface area contributed by atoms with Crippen LogP contribution in [0, 0.1) is 13.8 Å². The van der Waals surface area contributed by atoms with Gasteiger partial charge in [-0.05, 0) is 37.1 Å². The number of imide groups is 1. The van der Waals surface area contributed by atoms with Crippen molar-refractivity contribution in [2.75, 3.05) is 5.32 Å². The Bertz CT molecular complexity index is 774. The first-order valence-corrected chi connectivity index (χ1v) is 7.10. The maximum Gasteiger partial charge on any atom is 0.338 e. The van der Waals surface area contributed by atoms with E-state index < -0.39 is 17.8 Å². The zero-order valence-corrected chi connectivity index (χ0v) is 12.7. The number of anilines is 1. The second-order valence-corrected chi connectivity index (χ2v) is 5.32. The Labute approximate surface area is 133 Å². The van der Waals surface area contributed by atoms with Crippen LogP contribution in [-0.2, 0) is 0 Å². The largest absolute Gasteiger partial charge is 0.338 e. The highest BCUT2D eigenvalue weighted by Crippen LogP contribution is 2.22. The molecular weight excluding hydrogens is 294 g/mol. The summed E-state index contributed by atoms with van der Waals surface area (Å²) in [6.45, 7) is 3.73. The molecule has 116 valence electrons. The Morgan fingerprint density at radius 2 is 1.39 bits per heavy atom. The van der Waals surface area contributed by atoms with Crippen molar-refractivity contribution in [3.05, 3.63) is 64.7 Å². The molecule has 2 N–H and O–H groups in total. The van der Waals surface area contributed by atoms with Gasteiger partial charge in [-0.1, -0.05) is 30.3 Å². The predicted molar refractivity (Wildman–Crippen MR) is 85.0 cm³/mol. The monoisotopic (exact) mass is 309 g/mol. The van der Waals surface area contributed by atoms with Gasteiger partial charge < -0.3 is 5.32 Å². The van der Waals surface area contributed by atoms with Crippen LogP contribution >= 0.6 is 0 Å². The van der Waals surface area contributed by atoms with Gasteiger partial charge in [-0.2, -0.15) is 5.01 Å². The summed E-state index contributed by atoms with van der Waals surface area (Å²) >= 11 is 0. The van der Waals surface area contributed by atoms with Crippen molar-refractivity contribution < 1.29 is 14.4 Å². The third-order valence-electron chi connectivity index (χ3n) is 3.73. The summed E-state index contributed by atoms with van der Waals surface area (Å²) in [6, 6.07) is 11.4. The average molecular weight is 309 g/mol. The van der Waals surface area contributed by atoms with Gasteiger partial charge in [0.1, 0.15) is 0 Å². The molecule has 0 saturated heterocycles. The second-order valence-electron chi connectivity index (χ2n) is 5.32. The molecule has 0 unspecified atom stereocenters. The molecule has 0 atom stereocenters. The molecule has 0 bridgehead atoms. The lowest BCUT2D eigenvalue weighted by molar-refractivity contribution is 0.0592. The molecule has 1 aliphatic rings. The van der Waals surface area contributed by atoms with Crippen LogP contribution in [0.15, 0.2) is 42.5 Å². The number of benzene rings is 2. The normalized spacial score (nSPS) is 13.0. The minimum atomic E-state index is -0.642. The minimum Gasteiger partial charge on any atom is -0.306 e. The van der Waals surface area contributed by atoms with Gasteiger partial charge in [0.05, 0.1) is 11.1 Å². The van der Waals surface area contributed by atoms with Gasteiger partial charge >= 0.3 is 6.03 Å². The third kappa shape index (κ3) is 2.55. The fraction of sp³-hybridized carbons (Fsp3) is 0.118. The fourth-order valence-corrected chi connectivity index (χ4v) is 2.55. The van der Waals surface area contributed by atoms with Crippen molar-refractivity contribution in [1.82, 2.24) is 10.4 Å². The summed E-state index contributed by atoms with van der Waals surface area (Å²) in [6.07, 6.45) is 0. The summed E-state index contributed by atoms with van der Waals surface area (Å²) < 4.78 is 0. The molecule has 3 rings (SSSR count). The smallest absolute Gasteiger partial charge is 0.306 e. The van der Waals surface area contributed by atoms with E-state index in [9.17, 15) is 14.4 Å². The molecule has 0 aliphatic carbocycles. The summed E-state index contributed by atoms with van der Waals surface area (Å²) in [7, 11) is 0. The average Bonchev–Trinajstić information content (AvgIpc) is 2.77. The van der Waals surface area contributed by atoms with Crippen molar-refractivity contribution in [1.29, 1.82) is 0 Å². The number of nitrogens with zero attached hydrogens (tertiary/aromatic N) is 1. The van der Waals surface area contributed by atoms with Crippen LogP contribution in [0.4, 0.5) is 10.5 Å². The molecule has 4 amide bonds. The van der Waals surface area contributed by atoms with E-state index in [1.807, 2.05) is 32.0 Å². The van der Waals surface area contributed by atoms with Crippen molar-refractivity contribution in [3.8, 4) is 0 Å². The molecule has 0 fully saturated rings. The predicted octanol–water partition coefficient (Wildman–Crippen LogP) is 2.64. The lowest BCUT2D eigenvalue weighted by Gasteiger charge is -2.17. The number of aryl methyl sites for hydroxylation is 2. The zero-order valence-electron chi connectivity index (χ0n) is 12.7. The Kier molecular flexibility index (Phi) is 3.57. The highest BCUT2D eigenvalue weighted by molar-refractivity contribution is 6.21. The zero-order chi connectivity index (χ0) is 16.6. The number of hydrogen-bond acceptors (Lipinski definition) is 3. The van der Waals surface area contributed by atoms with Crippen LogP contribution in [-0.4, -0.2) is 22.9 Å². The number of hydrogen-bond donors (Lipinski definition) is 2. The summed E-state index contributed by atoms with van der Waals surface area (Å²) in [5, 5.41) is 3.41. The molecule has 2 aromatic carbocycles. The quantitative estimate of drug-likeness (QED) is 0.837. The number of hydrazine groups is 1. The molecule has 1 aliphatic heterocycles. The van der Waals surface area contributed by atoms with E-state index in [0.29, 0.717) is 5.69 Å². The molecular formula is C17H15N3O3. The van der Waals surface area contributed by atoms with E-state index in [-0.39, 0.29) is 11.1 Å². The van der Waals surface area contributed by atoms with E-state index in [4.69, 9.17) is 0 Å². The molecule has 23 heavy (non-hydrogen) atoms. The lowest BCUT2D eigenvalue weighted by atomic mass is 10.1. The van der Waals surface area contributed by atoms with Crippen molar-refractivity contribution >= 4 is 23.5 Å². The van der Waals surface area contributed by atoms with Gasteiger partial charge in [-0.15, -0.1) is 0 Å². The molecule has 6 heteroatoms. The van der Waals surface area contributed by atoms with Crippen LogP contribution in [0.3, 0.4) is 0 Å². The van der Waals surface area contributed by atoms with Crippen LogP contribution in [0.2, 0.25) is 0 Å². The number of carbonyl (C=O) groups is 3. The van der Waals surface area contributed by atoms with Crippen molar-refractivity contribution in [2.45, 2.75) is 13.8 Å². The molecule has 6 nitrogen and oxygen atoms in total. The Balaban J connectivity index is 1.77. The van der Waals surface area contributed by atoms with Crippen LogP contribution in [0.5, 0.6) is 0 Å². The van der Waals surface area contributed by atoms with E-state index in [1.165, 1.54) is 0 Å². The second kappa shape index (κ2) is 5.57. The molecule has 0 aromatic heterocycles. The number of carbonyl (C=O) groups excluding carboxylic acids is 3. The first-order valence-electron chi connectivity index (χ1n) is 7.10. The lowest BCUT2D eigenvalue weighted by Crippen LogP contribution is -2.47. The number of rotatable bonds is 2. The van der Waals surface area contributed by atoms with Gasteiger partial charge in [-0.3, -0.25) is 9.59 Å². The van der Waals surface area contributed by atoms with Crippen molar-refractivity contribution in [3.63, 3.8) is 0 Å². The van der Waals surface area contributed by atoms with Crippen molar-refractivity contribution in [2.24, 2.45) is 0 Å². The first-order chi connectivity index (χ1) is 11.0. The summed E-state index contributed by atoms with van der Waals surface area (Å²) in [4.78, 5) is 36.5. The molecule has 1 heterocycles. The Morgan fingerprint density at radius 1 is 0.870 bits per heavy atom. The van der Waals surface area contributed by atoms with Gasteiger partial charge in [0.2, 0.25) is 0 Å². The van der Waals surface area contributed by atoms with Crippen LogP contribution < -0.4 is 10.7 Å². The Hall–Kier alpha value is -3.15. The molecule has 0 radical (unpaired) electrons. The number of urea groups is 1. The number of fused-ring (bicyclic) bond motifs is 1. The molecule has 0 spiro atoms. The minimum absolute atomic E-state index is 0.282. The number of amides is 4. The van der Waals surface area contributed by atoms with Gasteiger partial charge in [-0.25, -0.2) is 10.2 Å². The topological polar surface area (TPSA) is 78.5 Å². The highest BCUT2D eigenvalue weighted by Gasteiger charge is 2.36. The number of nitrogens with one attached hydrogen (secondary N) is 2. The maximum absolute atomic E-state index is 12.2. The van der Waals surface area contributed by atoms with Gasteiger partial charge in [0, 0.05) is 5.69 Å². The summed E-state index contributed by atoms with van der Waals surface area (Å²) in [5.74, 6) is -1.08. The summed E-state index contributed by atoms with van der Waals surface area (Å²) in [5.41, 5.74) is 5.31. The van der Waals surface area contributed by atoms with Gasteiger partial charge in [0.15, 0.2) is 0 Å². The SMILES string of the molecule is Cc1cccc(C)c1NC(=O)NN1C(=O)c2ccccc2C1=O. The Morgan fingerprint density at radius 3 is 1.91 bits per heavy atom. The standard InChI is InChI=1S/C17H15N3O3/c1-10-6-5-7-11(2)14(10)18-17(23)19-20-15(21)12-8-3-4-9-13(12)16(20)22/h3-9H,1-2H3,(H2,18,19,23). The molecule has 0 saturated carbocycles. The van der Waals surface area contributed by atoms with E-state index in [0.717, 1.165) is 16.1 Å². The number of para-hydroxylation sites is 1. The van der Waals surface area contributed by atoms with Crippen LogP contribution in [0.1, 0.15) is 31.8 Å². The molecule has 2 aromatic rings. The fourth-order valence-electron chi connectivity index (χ4n) is 2.55. The van der Waals surface area contributed by atoms with E-state index in [1.54, 1.807) is 24.3 Å². The first kappa shape index (κ1) is 14.8.